The molecule has 0 fully saturated rings. The van der Waals surface area contributed by atoms with Gasteiger partial charge in [0.15, 0.2) is 0 Å². The van der Waals surface area contributed by atoms with Crippen LogP contribution in [0.25, 0.3) is 0 Å². The first-order valence-electron chi connectivity index (χ1n) is 8.33. The van der Waals surface area contributed by atoms with Crippen LogP contribution in [0.2, 0.25) is 0 Å². The second-order valence-electron chi connectivity index (χ2n) is 5.48. The van der Waals surface area contributed by atoms with Crippen molar-refractivity contribution in [3.05, 3.63) is 59.7 Å². The molecule has 0 bridgehead atoms. The summed E-state index contributed by atoms with van der Waals surface area (Å²) in [5.41, 5.74) is -2.16. The average Bonchev–Trinajstić information content (AvgIpc) is 3.44. The van der Waals surface area contributed by atoms with E-state index in [1.807, 2.05) is 0 Å². The van der Waals surface area contributed by atoms with E-state index in [2.05, 4.69) is 18.9 Å². The van der Waals surface area contributed by atoms with Crippen LogP contribution in [0, 0.1) is 20.2 Å². The summed E-state index contributed by atoms with van der Waals surface area (Å²) < 4.78 is 17.5. The zero-order valence-corrected chi connectivity index (χ0v) is 20.7. The largest absolute Gasteiger partial charge is 0.465 e. The zero-order chi connectivity index (χ0) is 25.7. The summed E-state index contributed by atoms with van der Waals surface area (Å²) in [6, 6.07) is 0. The summed E-state index contributed by atoms with van der Waals surface area (Å²) in [4.78, 5) is 68.5. The predicted molar refractivity (Wildman–Crippen MR) is 121 cm³/mol. The van der Waals surface area contributed by atoms with Gasteiger partial charge in [0.05, 0.1) is 38.3 Å². The quantitative estimate of drug-likeness (QED) is 0.192. The molecule has 0 aromatic rings. The van der Waals surface area contributed by atoms with Crippen molar-refractivity contribution in [1.29, 1.82) is 0 Å². The lowest BCUT2D eigenvalue weighted by Crippen LogP contribution is -2.12. The fourth-order valence-electron chi connectivity index (χ4n) is 2.21. The third-order valence-electron chi connectivity index (χ3n) is 3.65. The summed E-state index contributed by atoms with van der Waals surface area (Å²) in [7, 11) is 4.04. The van der Waals surface area contributed by atoms with E-state index in [1.165, 1.54) is 0 Å². The third kappa shape index (κ3) is 5.40. The van der Waals surface area contributed by atoms with Gasteiger partial charge in [-0.05, 0) is 0 Å². The van der Waals surface area contributed by atoms with Crippen LogP contribution in [0.1, 0.15) is 0 Å². The average molecular weight is 553 g/mol. The molecule has 0 atom stereocenters. The molecule has 34 heavy (non-hydrogen) atoms. The van der Waals surface area contributed by atoms with Crippen molar-refractivity contribution in [2.75, 3.05) is 28.4 Å². The maximum absolute atomic E-state index is 12.1. The van der Waals surface area contributed by atoms with E-state index < -0.39 is 53.6 Å². The summed E-state index contributed by atoms with van der Waals surface area (Å²) >= 11 is 1.64. The molecule has 182 valence electrons. The number of hydrogen-bond acceptors (Lipinski definition) is 16. The number of ether oxygens (including phenoxy) is 4. The highest BCUT2D eigenvalue weighted by atomic mass is 32.2. The monoisotopic (exact) mass is 552 g/mol. The van der Waals surface area contributed by atoms with Crippen LogP contribution in [-0.4, -0.2) is 62.2 Å². The highest BCUT2D eigenvalue weighted by Gasteiger charge is 2.46. The Morgan fingerprint density at radius 1 is 0.559 bits per heavy atom. The van der Waals surface area contributed by atoms with E-state index >= 15 is 0 Å². The molecule has 2 aliphatic heterocycles. The summed E-state index contributed by atoms with van der Waals surface area (Å²) in [6.07, 6.45) is 0. The number of carbonyl (C=O) groups excluding carboxylic acids is 4. The van der Waals surface area contributed by atoms with Crippen molar-refractivity contribution in [2.24, 2.45) is 0 Å². The molecule has 0 saturated carbocycles. The van der Waals surface area contributed by atoms with E-state index in [0.717, 1.165) is 28.4 Å². The topological polar surface area (TPSA) is 191 Å². The Hall–Kier alpha value is -2.96. The number of nitro groups is 2. The molecule has 14 nitrogen and oxygen atoms in total. The van der Waals surface area contributed by atoms with Gasteiger partial charge in [0.2, 0.25) is 0 Å². The second kappa shape index (κ2) is 11.4. The van der Waals surface area contributed by atoms with Gasteiger partial charge in [0.1, 0.15) is 28.1 Å². The van der Waals surface area contributed by atoms with Crippen molar-refractivity contribution in [1.82, 2.24) is 0 Å². The van der Waals surface area contributed by atoms with E-state index in [0.29, 0.717) is 47.0 Å². The molecule has 0 saturated heterocycles. The zero-order valence-electron chi connectivity index (χ0n) is 17.4. The first-order chi connectivity index (χ1) is 16.0. The molecule has 18 heteroatoms. The van der Waals surface area contributed by atoms with Crippen LogP contribution >= 0.6 is 47.0 Å². The Morgan fingerprint density at radius 3 is 0.912 bits per heavy atom. The minimum Gasteiger partial charge on any atom is -0.465 e. The van der Waals surface area contributed by atoms with Crippen LogP contribution in [-0.2, 0) is 38.1 Å². The molecule has 0 spiro atoms. The Bertz CT molecular complexity index is 989. The van der Waals surface area contributed by atoms with Gasteiger partial charge < -0.3 is 18.9 Å². The summed E-state index contributed by atoms with van der Waals surface area (Å²) in [5.74, 6) is -4.06. The van der Waals surface area contributed by atoms with Crippen LogP contribution in [0.5, 0.6) is 0 Å². The van der Waals surface area contributed by atoms with Gasteiger partial charge in [0, 0.05) is 0 Å². The Kier molecular flexibility index (Phi) is 9.19. The van der Waals surface area contributed by atoms with E-state index in [1.54, 1.807) is 0 Å². The Labute approximate surface area is 206 Å². The van der Waals surface area contributed by atoms with Crippen LogP contribution in [0.3, 0.4) is 0 Å². The molecule has 0 amide bonds. The molecular weight excluding hydrogens is 540 g/mol. The lowest BCUT2D eigenvalue weighted by molar-refractivity contribution is -0.479. The molecule has 0 radical (unpaired) electrons. The maximum atomic E-state index is 12.1. The maximum Gasteiger partial charge on any atom is 0.368 e. The third-order valence-corrected chi connectivity index (χ3v) is 8.72. The fourth-order valence-corrected chi connectivity index (χ4v) is 7.23. The number of nitrogens with zero attached hydrogens (tertiary/aromatic N) is 2. The second-order valence-corrected chi connectivity index (χ2v) is 10.1. The number of carbonyl (C=O) groups is 4. The number of esters is 4. The van der Waals surface area contributed by atoms with E-state index in [4.69, 9.17) is 0 Å². The van der Waals surface area contributed by atoms with Crippen molar-refractivity contribution in [3.8, 4) is 0 Å². The van der Waals surface area contributed by atoms with Crippen LogP contribution < -0.4 is 0 Å². The standard InChI is InChI=1S/C16H12N2O12S4/c1-27-11(19)7-8(12(20)28-2)32-15(31-7)5(17(23)24)6(18(25)26)16-33-9(13(21)29-3)10(34-16)14(22)30-4/h1-4H3. The van der Waals surface area contributed by atoms with Crippen molar-refractivity contribution < 1.29 is 48.0 Å². The number of methoxy groups -OCH3 is 4. The predicted octanol–water partition coefficient (Wildman–Crippen LogP) is 1.95. The summed E-state index contributed by atoms with van der Waals surface area (Å²) in [5, 5.41) is 23.9. The minimum absolute atomic E-state index is 0.364. The van der Waals surface area contributed by atoms with Crippen LogP contribution in [0.15, 0.2) is 39.5 Å². The van der Waals surface area contributed by atoms with Gasteiger partial charge in [0.25, 0.3) is 0 Å². The van der Waals surface area contributed by atoms with Gasteiger partial charge >= 0.3 is 35.3 Å². The van der Waals surface area contributed by atoms with Gasteiger partial charge in [-0.25, -0.2) is 19.2 Å². The van der Waals surface area contributed by atoms with E-state index in [9.17, 15) is 39.4 Å². The number of rotatable bonds is 7. The molecular formula is C16H12N2O12S4. The molecule has 2 rings (SSSR count). The lowest BCUT2D eigenvalue weighted by atomic mass is 10.4. The molecule has 0 aliphatic carbocycles. The van der Waals surface area contributed by atoms with Gasteiger partial charge in [-0.2, -0.15) is 0 Å². The highest BCUT2D eigenvalue weighted by molar-refractivity contribution is 8.30. The minimum atomic E-state index is -1.08. The SMILES string of the molecule is COC(=O)C1=C(C(=O)OC)SC(=C(C(=C2SC(C(=O)OC)=C(C(=O)OC)S2)[N+](=O)[O-])[N+](=O)[O-])S1. The molecule has 0 N–H and O–H groups in total. The fraction of sp³-hybridized carbons (Fsp3) is 0.250. The Balaban J connectivity index is 2.71. The summed E-state index contributed by atoms with van der Waals surface area (Å²) in [6.45, 7) is 0. The molecule has 2 aliphatic rings. The number of hydrogen-bond donors (Lipinski definition) is 0. The van der Waals surface area contributed by atoms with Gasteiger partial charge in [-0.3, -0.25) is 20.2 Å². The smallest absolute Gasteiger partial charge is 0.368 e. The van der Waals surface area contributed by atoms with Crippen molar-refractivity contribution in [2.45, 2.75) is 0 Å². The molecule has 0 aromatic heterocycles. The lowest BCUT2D eigenvalue weighted by Gasteiger charge is -2.03. The Morgan fingerprint density at radius 2 is 0.765 bits per heavy atom. The van der Waals surface area contributed by atoms with Crippen molar-refractivity contribution >= 4 is 70.9 Å². The van der Waals surface area contributed by atoms with Gasteiger partial charge in [-0.1, -0.05) is 47.0 Å². The number of thioether (sulfide) groups is 4. The van der Waals surface area contributed by atoms with Crippen molar-refractivity contribution in [3.63, 3.8) is 0 Å². The molecule has 0 unspecified atom stereocenters. The molecule has 0 aromatic carbocycles. The molecule has 2 heterocycles. The highest BCUT2D eigenvalue weighted by Crippen LogP contribution is 2.56. The van der Waals surface area contributed by atoms with Crippen LogP contribution in [0.4, 0.5) is 0 Å². The van der Waals surface area contributed by atoms with E-state index in [-0.39, 0.29) is 19.6 Å². The first kappa shape index (κ1) is 27.3. The normalized spacial score (nSPS) is 15.2. The van der Waals surface area contributed by atoms with Gasteiger partial charge in [-0.15, -0.1) is 0 Å². The first-order valence-corrected chi connectivity index (χ1v) is 11.6.